The second-order valence-corrected chi connectivity index (χ2v) is 5.10. The molecule has 0 aliphatic carbocycles. The van der Waals surface area contributed by atoms with Crippen LogP contribution >= 0.6 is 0 Å². The van der Waals surface area contributed by atoms with Gasteiger partial charge in [0.2, 0.25) is 5.91 Å². The molecular weight excluding hydrogens is 272 g/mol. The molecule has 3 heteroatoms. The Morgan fingerprint density at radius 2 is 1.77 bits per heavy atom. The van der Waals surface area contributed by atoms with Crippen molar-refractivity contribution in [3.8, 4) is 6.07 Å². The summed E-state index contributed by atoms with van der Waals surface area (Å²) in [6, 6.07) is 19.1. The second kappa shape index (κ2) is 7.24. The summed E-state index contributed by atoms with van der Waals surface area (Å²) < 4.78 is 0. The van der Waals surface area contributed by atoms with Crippen LogP contribution in [0.2, 0.25) is 0 Å². The molecule has 0 aromatic heterocycles. The predicted octanol–water partition coefficient (Wildman–Crippen LogP) is 3.79. The molecule has 0 aliphatic heterocycles. The highest BCUT2D eigenvalue weighted by atomic mass is 16.2. The molecule has 0 bridgehead atoms. The third kappa shape index (κ3) is 3.83. The van der Waals surface area contributed by atoms with E-state index in [1.54, 1.807) is 36.2 Å². The molecule has 1 atom stereocenters. The molecule has 110 valence electrons. The number of amides is 1. The Balaban J connectivity index is 2.04. The summed E-state index contributed by atoms with van der Waals surface area (Å²) in [6.07, 6.45) is 3.32. The summed E-state index contributed by atoms with van der Waals surface area (Å²) in [5.74, 6) is -0.0549. The van der Waals surface area contributed by atoms with Crippen LogP contribution in [0.25, 0.3) is 6.08 Å². The average molecular weight is 290 g/mol. The Labute approximate surface area is 131 Å². The van der Waals surface area contributed by atoms with Crippen molar-refractivity contribution in [3.05, 3.63) is 77.4 Å². The van der Waals surface area contributed by atoms with Crippen LogP contribution in [0.1, 0.15) is 29.7 Å². The van der Waals surface area contributed by atoms with Crippen LogP contribution in [-0.2, 0) is 4.79 Å². The van der Waals surface area contributed by atoms with Crippen molar-refractivity contribution in [2.75, 3.05) is 7.05 Å². The van der Waals surface area contributed by atoms with Gasteiger partial charge in [-0.3, -0.25) is 4.79 Å². The number of rotatable bonds is 4. The maximum absolute atomic E-state index is 12.2. The van der Waals surface area contributed by atoms with Crippen LogP contribution in [0.15, 0.2) is 60.7 Å². The van der Waals surface area contributed by atoms with Crippen molar-refractivity contribution >= 4 is 12.0 Å². The van der Waals surface area contributed by atoms with Crippen LogP contribution in [0, 0.1) is 11.3 Å². The van der Waals surface area contributed by atoms with Crippen molar-refractivity contribution in [2.45, 2.75) is 13.0 Å². The van der Waals surface area contributed by atoms with Gasteiger partial charge in [-0.2, -0.15) is 5.26 Å². The minimum atomic E-state index is -0.0549. The zero-order valence-electron chi connectivity index (χ0n) is 12.7. The average Bonchev–Trinajstić information content (AvgIpc) is 2.59. The van der Waals surface area contributed by atoms with Gasteiger partial charge in [0.05, 0.1) is 17.7 Å². The minimum Gasteiger partial charge on any atom is -0.335 e. The van der Waals surface area contributed by atoms with Crippen LogP contribution in [0.4, 0.5) is 0 Å². The van der Waals surface area contributed by atoms with Crippen LogP contribution in [0.3, 0.4) is 0 Å². The van der Waals surface area contributed by atoms with Gasteiger partial charge in [-0.05, 0) is 36.3 Å². The Morgan fingerprint density at radius 3 is 2.36 bits per heavy atom. The van der Waals surface area contributed by atoms with Crippen LogP contribution in [-0.4, -0.2) is 17.9 Å². The molecule has 0 saturated heterocycles. The summed E-state index contributed by atoms with van der Waals surface area (Å²) in [6.45, 7) is 2.00. The van der Waals surface area contributed by atoms with Gasteiger partial charge in [0.1, 0.15) is 0 Å². The van der Waals surface area contributed by atoms with Gasteiger partial charge >= 0.3 is 0 Å². The van der Waals surface area contributed by atoms with E-state index in [2.05, 4.69) is 6.07 Å². The number of likely N-dealkylation sites (N-methyl/N-ethyl adjacent to an activating group) is 1. The summed E-state index contributed by atoms with van der Waals surface area (Å²) in [5, 5.41) is 8.76. The van der Waals surface area contributed by atoms with E-state index in [9.17, 15) is 4.79 Å². The van der Waals surface area contributed by atoms with Crippen LogP contribution < -0.4 is 0 Å². The molecule has 0 aliphatic rings. The lowest BCUT2D eigenvalue weighted by molar-refractivity contribution is -0.126. The molecule has 22 heavy (non-hydrogen) atoms. The highest BCUT2D eigenvalue weighted by Gasteiger charge is 2.14. The van der Waals surface area contributed by atoms with Crippen molar-refractivity contribution < 1.29 is 4.79 Å². The first kappa shape index (κ1) is 15.5. The third-order valence-electron chi connectivity index (χ3n) is 3.67. The minimum absolute atomic E-state index is 0.0133. The van der Waals surface area contributed by atoms with E-state index in [0.29, 0.717) is 5.56 Å². The molecule has 0 saturated carbocycles. The quantitative estimate of drug-likeness (QED) is 0.804. The lowest BCUT2D eigenvalue weighted by Crippen LogP contribution is -2.27. The number of hydrogen-bond acceptors (Lipinski definition) is 2. The molecule has 2 aromatic carbocycles. The summed E-state index contributed by atoms with van der Waals surface area (Å²) in [5.41, 5.74) is 2.61. The van der Waals surface area contributed by atoms with E-state index < -0.39 is 0 Å². The zero-order chi connectivity index (χ0) is 15.9. The third-order valence-corrected chi connectivity index (χ3v) is 3.67. The fraction of sp³-hybridized carbons (Fsp3) is 0.158. The second-order valence-electron chi connectivity index (χ2n) is 5.10. The van der Waals surface area contributed by atoms with Crippen molar-refractivity contribution in [2.24, 2.45) is 0 Å². The predicted molar refractivity (Wildman–Crippen MR) is 87.8 cm³/mol. The highest BCUT2D eigenvalue weighted by Crippen LogP contribution is 2.18. The molecule has 0 radical (unpaired) electrons. The van der Waals surface area contributed by atoms with E-state index in [-0.39, 0.29) is 11.9 Å². The molecular formula is C19H18N2O. The summed E-state index contributed by atoms with van der Waals surface area (Å²) >= 11 is 0. The number of nitriles is 1. The molecule has 0 spiro atoms. The van der Waals surface area contributed by atoms with Crippen molar-refractivity contribution in [1.82, 2.24) is 4.90 Å². The maximum Gasteiger partial charge on any atom is 0.246 e. The van der Waals surface area contributed by atoms with E-state index in [0.717, 1.165) is 11.1 Å². The smallest absolute Gasteiger partial charge is 0.246 e. The number of hydrogen-bond donors (Lipinski definition) is 0. The lowest BCUT2D eigenvalue weighted by Gasteiger charge is -2.24. The molecule has 0 unspecified atom stereocenters. The van der Waals surface area contributed by atoms with E-state index in [1.165, 1.54) is 0 Å². The first-order valence-corrected chi connectivity index (χ1v) is 7.12. The number of nitrogens with zero attached hydrogens (tertiary/aromatic N) is 2. The first-order valence-electron chi connectivity index (χ1n) is 7.12. The largest absolute Gasteiger partial charge is 0.335 e. The monoisotopic (exact) mass is 290 g/mol. The molecule has 2 aromatic rings. The topological polar surface area (TPSA) is 44.1 Å². The van der Waals surface area contributed by atoms with Gasteiger partial charge in [0.25, 0.3) is 0 Å². The number of carbonyl (C=O) groups is 1. The molecule has 1 amide bonds. The van der Waals surface area contributed by atoms with Crippen molar-refractivity contribution in [3.63, 3.8) is 0 Å². The van der Waals surface area contributed by atoms with E-state index in [1.807, 2.05) is 49.4 Å². The summed E-state index contributed by atoms with van der Waals surface area (Å²) in [4.78, 5) is 13.9. The Bertz CT molecular complexity index is 696. The Hall–Kier alpha value is -2.86. The molecule has 0 fully saturated rings. The number of benzene rings is 2. The summed E-state index contributed by atoms with van der Waals surface area (Å²) in [7, 11) is 1.79. The highest BCUT2D eigenvalue weighted by molar-refractivity contribution is 5.91. The maximum atomic E-state index is 12.2. The van der Waals surface area contributed by atoms with Gasteiger partial charge in [0, 0.05) is 13.1 Å². The molecule has 0 N–H and O–H groups in total. The molecule has 0 heterocycles. The zero-order valence-corrected chi connectivity index (χ0v) is 12.7. The Morgan fingerprint density at radius 1 is 1.14 bits per heavy atom. The first-order chi connectivity index (χ1) is 10.6. The standard InChI is InChI=1S/C19H18N2O/c1-15(18-6-4-3-5-7-18)21(2)19(22)13-12-16-8-10-17(14-20)11-9-16/h3-13,15H,1-2H3/b13-12-/t15-/m0/s1. The van der Waals surface area contributed by atoms with Gasteiger partial charge in [-0.25, -0.2) is 0 Å². The molecule has 2 rings (SSSR count). The van der Waals surface area contributed by atoms with E-state index >= 15 is 0 Å². The SMILES string of the molecule is C[C@@H](c1ccccc1)N(C)C(=O)/C=C\c1ccc(C#N)cc1. The number of carbonyl (C=O) groups excluding carboxylic acids is 1. The van der Waals surface area contributed by atoms with Gasteiger partial charge in [-0.1, -0.05) is 42.5 Å². The Kier molecular flexibility index (Phi) is 5.11. The van der Waals surface area contributed by atoms with Gasteiger partial charge in [0.15, 0.2) is 0 Å². The molecule has 3 nitrogen and oxygen atoms in total. The fourth-order valence-corrected chi connectivity index (χ4v) is 2.10. The van der Waals surface area contributed by atoms with Crippen molar-refractivity contribution in [1.29, 1.82) is 5.26 Å². The van der Waals surface area contributed by atoms with Gasteiger partial charge < -0.3 is 4.90 Å². The fourth-order valence-electron chi connectivity index (χ4n) is 2.10. The normalized spacial score (nSPS) is 11.9. The van der Waals surface area contributed by atoms with Gasteiger partial charge in [-0.15, -0.1) is 0 Å². The lowest BCUT2D eigenvalue weighted by atomic mass is 10.1. The van der Waals surface area contributed by atoms with Crippen LogP contribution in [0.5, 0.6) is 0 Å². The van der Waals surface area contributed by atoms with E-state index in [4.69, 9.17) is 5.26 Å².